The number of rotatable bonds is 3. The van der Waals surface area contributed by atoms with E-state index in [1.54, 1.807) is 0 Å². The predicted molar refractivity (Wildman–Crippen MR) is 74.1 cm³/mol. The molecule has 0 spiro atoms. The summed E-state index contributed by atoms with van der Waals surface area (Å²) >= 11 is 0. The highest BCUT2D eigenvalue weighted by molar-refractivity contribution is 6.64. The Balaban J connectivity index is 2.90. The normalized spacial score (nSPS) is 13.0. The lowest BCUT2D eigenvalue weighted by Crippen LogP contribution is -2.23. The fourth-order valence-electron chi connectivity index (χ4n) is 1.38. The Bertz CT molecular complexity index is 347. The summed E-state index contributed by atoms with van der Waals surface area (Å²) in [5, 5.41) is 1.18. The zero-order valence-corrected chi connectivity index (χ0v) is 12.1. The molecule has 0 aliphatic carbocycles. The summed E-state index contributed by atoms with van der Waals surface area (Å²) in [5.74, 6) is 0. The van der Waals surface area contributed by atoms with Gasteiger partial charge in [0.25, 0.3) is 0 Å². The van der Waals surface area contributed by atoms with E-state index in [0.29, 0.717) is 0 Å². The number of benzene rings is 1. The predicted octanol–water partition coefficient (Wildman–Crippen LogP) is 3.87. The zero-order valence-electron chi connectivity index (χ0n) is 10.9. The Hall–Kier alpha value is -1.02. The first-order valence-corrected chi connectivity index (χ1v) is 8.73. The van der Waals surface area contributed by atoms with Crippen LogP contribution in [0, 0.1) is 0 Å². The molecule has 0 aromatic heterocycles. The van der Waals surface area contributed by atoms with Gasteiger partial charge >= 0.3 is 0 Å². The quantitative estimate of drug-likeness (QED) is 0.570. The zero-order chi connectivity index (χ0) is 12.2. The molecule has 0 N–H and O–H groups in total. The van der Waals surface area contributed by atoms with Crippen molar-refractivity contribution in [3.8, 4) is 0 Å². The third-order valence-corrected chi connectivity index (χ3v) is 3.52. The van der Waals surface area contributed by atoms with Crippen LogP contribution in [0.1, 0.15) is 26.3 Å². The molecule has 0 aliphatic heterocycles. The molecule has 1 aromatic rings. The molecule has 0 bridgehead atoms. The van der Waals surface area contributed by atoms with Crippen molar-refractivity contribution in [1.29, 1.82) is 0 Å². The number of hydrogen-bond acceptors (Lipinski definition) is 1. The smallest absolute Gasteiger partial charge is 0.109 e. The van der Waals surface area contributed by atoms with Gasteiger partial charge < -0.3 is 4.74 Å². The fraction of sp³-hybridized carbons (Fsp3) is 0.429. The highest BCUT2D eigenvalue weighted by Crippen LogP contribution is 2.18. The molecule has 0 atom stereocenters. The first kappa shape index (κ1) is 13.0. The molecule has 0 saturated carbocycles. The Morgan fingerprint density at radius 1 is 1.12 bits per heavy atom. The van der Waals surface area contributed by atoms with E-state index >= 15 is 0 Å². The van der Waals surface area contributed by atoms with Gasteiger partial charge in [-0.25, -0.2) is 0 Å². The molecule has 1 rings (SSSR count). The minimum absolute atomic E-state index is 0.0993. The van der Waals surface area contributed by atoms with Crippen molar-refractivity contribution in [2.24, 2.45) is 0 Å². The highest BCUT2D eigenvalue weighted by atomic mass is 28.3. The molecule has 0 aliphatic rings. The Morgan fingerprint density at radius 3 is 2.12 bits per heavy atom. The lowest BCUT2D eigenvalue weighted by Gasteiger charge is -2.25. The van der Waals surface area contributed by atoms with Crippen LogP contribution < -0.4 is 0 Å². The largest absolute Gasteiger partial charge is 0.498 e. The van der Waals surface area contributed by atoms with Crippen molar-refractivity contribution in [3.05, 3.63) is 41.3 Å². The maximum Gasteiger partial charge on any atom is 0.109 e. The van der Waals surface area contributed by atoms with Crippen molar-refractivity contribution in [2.45, 2.75) is 39.5 Å². The molecule has 1 aromatic carbocycles. The Kier molecular flexibility index (Phi) is 4.36. The third-order valence-electron chi connectivity index (χ3n) is 2.10. The highest BCUT2D eigenvalue weighted by Gasteiger charge is 2.16. The summed E-state index contributed by atoms with van der Waals surface area (Å²) in [4.78, 5) is 0. The van der Waals surface area contributed by atoms with Crippen LogP contribution in [0.2, 0.25) is 13.1 Å². The molecular formula is C14H22OSi. The maximum absolute atomic E-state index is 6.03. The summed E-state index contributed by atoms with van der Waals surface area (Å²) in [6.07, 6.45) is 2.18. The van der Waals surface area contributed by atoms with Crippen LogP contribution in [0.25, 0.3) is 6.08 Å². The first-order valence-electron chi connectivity index (χ1n) is 5.84. The van der Waals surface area contributed by atoms with E-state index in [0.717, 1.165) is 0 Å². The molecule has 88 valence electrons. The monoisotopic (exact) mass is 234 g/mol. The third kappa shape index (κ3) is 4.66. The van der Waals surface area contributed by atoms with Gasteiger partial charge in [0.15, 0.2) is 0 Å². The molecule has 0 unspecified atom stereocenters. The summed E-state index contributed by atoms with van der Waals surface area (Å²) in [5.41, 5.74) is 1.13. The van der Waals surface area contributed by atoms with Crippen LogP contribution in [0.5, 0.6) is 0 Å². The van der Waals surface area contributed by atoms with Crippen molar-refractivity contribution in [1.82, 2.24) is 0 Å². The van der Waals surface area contributed by atoms with Gasteiger partial charge in [0, 0.05) is 0 Å². The second-order valence-corrected chi connectivity index (χ2v) is 8.20. The van der Waals surface area contributed by atoms with Gasteiger partial charge in [-0.3, -0.25) is 0 Å². The Labute approximate surface area is 101 Å². The van der Waals surface area contributed by atoms with E-state index in [-0.39, 0.29) is 5.60 Å². The molecule has 0 radical (unpaired) electrons. The topological polar surface area (TPSA) is 9.23 Å². The van der Waals surface area contributed by atoms with Gasteiger partial charge in [0.1, 0.15) is 8.80 Å². The van der Waals surface area contributed by atoms with E-state index in [2.05, 4.69) is 64.2 Å². The van der Waals surface area contributed by atoms with Crippen LogP contribution in [0.4, 0.5) is 0 Å². The lowest BCUT2D eigenvalue weighted by molar-refractivity contribution is 0.0676. The van der Waals surface area contributed by atoms with Gasteiger partial charge in [0.2, 0.25) is 0 Å². The summed E-state index contributed by atoms with van der Waals surface area (Å²) < 4.78 is 6.03. The summed E-state index contributed by atoms with van der Waals surface area (Å²) in [7, 11) is -0.916. The van der Waals surface area contributed by atoms with Crippen molar-refractivity contribution < 1.29 is 4.74 Å². The second-order valence-electron chi connectivity index (χ2n) is 5.33. The Morgan fingerprint density at radius 2 is 1.69 bits per heavy atom. The standard InChI is InChI=1S/C14H22OSi/c1-14(2,3)15-13(16(4)5)11-12-9-7-6-8-10-12/h6-11,16H,1-5H3. The molecule has 1 nitrogen and oxygen atoms in total. The molecule has 0 amide bonds. The fourth-order valence-corrected chi connectivity index (χ4v) is 2.50. The van der Waals surface area contributed by atoms with Crippen LogP contribution in [0.3, 0.4) is 0 Å². The SMILES string of the molecule is C[SiH](C)C(=Cc1ccccc1)OC(C)(C)C. The maximum atomic E-state index is 6.03. The van der Waals surface area contributed by atoms with Crippen LogP contribution >= 0.6 is 0 Å². The van der Waals surface area contributed by atoms with E-state index in [1.165, 1.54) is 10.9 Å². The van der Waals surface area contributed by atoms with Crippen LogP contribution in [-0.2, 0) is 4.74 Å². The van der Waals surface area contributed by atoms with E-state index < -0.39 is 8.80 Å². The first-order chi connectivity index (χ1) is 7.38. The van der Waals surface area contributed by atoms with Gasteiger partial charge in [-0.1, -0.05) is 43.4 Å². The van der Waals surface area contributed by atoms with Gasteiger partial charge in [0.05, 0.1) is 11.0 Å². The van der Waals surface area contributed by atoms with Gasteiger partial charge in [-0.15, -0.1) is 0 Å². The minimum Gasteiger partial charge on any atom is -0.498 e. The van der Waals surface area contributed by atoms with Crippen molar-refractivity contribution in [3.63, 3.8) is 0 Å². The van der Waals surface area contributed by atoms with Crippen LogP contribution in [0.15, 0.2) is 35.7 Å². The van der Waals surface area contributed by atoms with E-state index in [9.17, 15) is 0 Å². The number of hydrogen-bond donors (Lipinski definition) is 0. The lowest BCUT2D eigenvalue weighted by atomic mass is 10.2. The molecular weight excluding hydrogens is 212 g/mol. The van der Waals surface area contributed by atoms with Gasteiger partial charge in [-0.2, -0.15) is 0 Å². The molecule has 16 heavy (non-hydrogen) atoms. The van der Waals surface area contributed by atoms with E-state index in [4.69, 9.17) is 4.74 Å². The van der Waals surface area contributed by atoms with Crippen LogP contribution in [-0.4, -0.2) is 14.4 Å². The summed E-state index contributed by atoms with van der Waals surface area (Å²) in [6.45, 7) is 10.9. The number of ether oxygens (including phenoxy) is 1. The molecule has 0 saturated heterocycles. The van der Waals surface area contributed by atoms with Crippen molar-refractivity contribution in [2.75, 3.05) is 0 Å². The average Bonchev–Trinajstić information content (AvgIpc) is 2.16. The minimum atomic E-state index is -0.916. The summed E-state index contributed by atoms with van der Waals surface area (Å²) in [6, 6.07) is 10.4. The van der Waals surface area contributed by atoms with E-state index in [1.807, 2.05) is 6.07 Å². The van der Waals surface area contributed by atoms with Gasteiger partial charge in [-0.05, 0) is 32.4 Å². The molecule has 0 fully saturated rings. The second kappa shape index (κ2) is 5.35. The molecule has 0 heterocycles. The van der Waals surface area contributed by atoms with Crippen molar-refractivity contribution >= 4 is 14.9 Å². The molecule has 2 heteroatoms. The average molecular weight is 234 g/mol.